The summed E-state index contributed by atoms with van der Waals surface area (Å²) in [6, 6.07) is 42.5. The molecule has 0 saturated carbocycles. The predicted octanol–water partition coefficient (Wildman–Crippen LogP) is 8.21. The minimum absolute atomic E-state index is 0.288. The van der Waals surface area contributed by atoms with Gasteiger partial charge >= 0.3 is 0 Å². The Balaban J connectivity index is 1.55. The maximum Gasteiger partial charge on any atom is 0.158 e. The Morgan fingerprint density at radius 3 is 1.27 bits per heavy atom. The van der Waals surface area contributed by atoms with E-state index in [2.05, 4.69) is 135 Å². The van der Waals surface area contributed by atoms with Gasteiger partial charge in [0.05, 0.1) is 51.5 Å². The van der Waals surface area contributed by atoms with E-state index < -0.39 is 0 Å². The molecule has 5 nitrogen and oxygen atoms in total. The van der Waals surface area contributed by atoms with Gasteiger partial charge in [-0.2, -0.15) is 5.26 Å². The van der Waals surface area contributed by atoms with Crippen molar-refractivity contribution in [3.8, 4) is 28.7 Å². The molecule has 8 aromatic rings. The summed E-state index contributed by atoms with van der Waals surface area (Å²) in [6.45, 7) is 0. The van der Waals surface area contributed by atoms with E-state index in [0.717, 1.165) is 39.0 Å². The van der Waals surface area contributed by atoms with Crippen LogP contribution in [0.25, 0.3) is 66.2 Å². The molecule has 0 unspecified atom stereocenters. The lowest BCUT2D eigenvalue weighted by molar-refractivity contribution is 1.11. The molecular weight excluding hydrogens is 490 g/mol. The second-order valence-corrected chi connectivity index (χ2v) is 9.81. The fraction of sp³-hybridized carbons (Fsp3) is 0. The zero-order chi connectivity index (χ0) is 26.6. The van der Waals surface area contributed by atoms with Crippen LogP contribution in [0.3, 0.4) is 0 Å². The second-order valence-electron chi connectivity index (χ2n) is 9.81. The Bertz CT molecular complexity index is 2040. The lowest BCUT2D eigenvalue weighted by Gasteiger charge is -2.19. The fourth-order valence-corrected chi connectivity index (χ4v) is 6.04. The Morgan fingerprint density at radius 1 is 0.475 bits per heavy atom. The molecule has 3 aromatic heterocycles. The number of rotatable bonds is 3. The van der Waals surface area contributed by atoms with Gasteiger partial charge in [-0.1, -0.05) is 78.9 Å². The van der Waals surface area contributed by atoms with Gasteiger partial charge in [0.25, 0.3) is 0 Å². The van der Waals surface area contributed by atoms with E-state index in [-0.39, 0.29) is 5.69 Å². The first kappa shape index (κ1) is 22.3. The average Bonchev–Trinajstić information content (AvgIpc) is 3.54. The summed E-state index contributed by atoms with van der Waals surface area (Å²) in [4.78, 5) is 9.20. The van der Waals surface area contributed by atoms with Crippen molar-refractivity contribution < 1.29 is 0 Å². The lowest BCUT2D eigenvalue weighted by atomic mass is 10.1. The van der Waals surface area contributed by atoms with Gasteiger partial charge in [0, 0.05) is 27.1 Å². The van der Waals surface area contributed by atoms with Gasteiger partial charge < -0.3 is 9.13 Å². The molecule has 0 N–H and O–H groups in total. The molecule has 186 valence electrons. The maximum atomic E-state index is 9.42. The Labute approximate surface area is 229 Å². The SMILES string of the molecule is N#Cc1cnc(-c2c(-n3c4ccccc4c4ccccc43)cccc2-n2c3ccccc3c3ccccc32)cn1. The smallest absolute Gasteiger partial charge is 0.158 e. The van der Waals surface area contributed by atoms with E-state index in [1.165, 1.54) is 21.5 Å². The highest BCUT2D eigenvalue weighted by molar-refractivity contribution is 6.11. The predicted molar refractivity (Wildman–Crippen MR) is 161 cm³/mol. The van der Waals surface area contributed by atoms with Crippen molar-refractivity contribution in [1.82, 2.24) is 19.1 Å². The van der Waals surface area contributed by atoms with Crippen LogP contribution in [0.2, 0.25) is 0 Å². The van der Waals surface area contributed by atoms with E-state index in [9.17, 15) is 5.26 Å². The van der Waals surface area contributed by atoms with Crippen molar-refractivity contribution in [2.45, 2.75) is 0 Å². The number of fused-ring (bicyclic) bond motifs is 6. The van der Waals surface area contributed by atoms with Gasteiger partial charge in [-0.25, -0.2) is 4.98 Å². The monoisotopic (exact) mass is 511 g/mol. The number of aromatic nitrogens is 4. The van der Waals surface area contributed by atoms with Crippen LogP contribution >= 0.6 is 0 Å². The van der Waals surface area contributed by atoms with Crippen LogP contribution in [0.5, 0.6) is 0 Å². The number of benzene rings is 5. The highest BCUT2D eigenvalue weighted by Gasteiger charge is 2.22. The van der Waals surface area contributed by atoms with E-state index in [0.29, 0.717) is 5.69 Å². The largest absolute Gasteiger partial charge is 0.308 e. The van der Waals surface area contributed by atoms with Gasteiger partial charge in [-0.3, -0.25) is 4.98 Å². The molecule has 3 heterocycles. The van der Waals surface area contributed by atoms with Crippen LogP contribution in [0.15, 0.2) is 128 Å². The zero-order valence-corrected chi connectivity index (χ0v) is 21.4. The summed E-state index contributed by atoms with van der Waals surface area (Å²) in [5.41, 5.74) is 8.39. The van der Waals surface area contributed by atoms with Crippen LogP contribution in [0.4, 0.5) is 0 Å². The van der Waals surface area contributed by atoms with Gasteiger partial charge in [0.15, 0.2) is 5.69 Å². The molecule has 0 amide bonds. The summed E-state index contributed by atoms with van der Waals surface area (Å²) in [6.07, 6.45) is 3.26. The Hall–Kier alpha value is -5.73. The quantitative estimate of drug-likeness (QED) is 0.240. The summed E-state index contributed by atoms with van der Waals surface area (Å²) >= 11 is 0. The first-order valence-electron chi connectivity index (χ1n) is 13.2. The molecule has 0 bridgehead atoms. The molecule has 0 aliphatic carbocycles. The van der Waals surface area contributed by atoms with Crippen LogP contribution < -0.4 is 0 Å². The molecule has 0 spiro atoms. The molecule has 0 aliphatic rings. The van der Waals surface area contributed by atoms with Crippen LogP contribution in [-0.2, 0) is 0 Å². The van der Waals surface area contributed by atoms with Gasteiger partial charge in [0.2, 0.25) is 0 Å². The molecule has 0 aliphatic heterocycles. The summed E-state index contributed by atoms with van der Waals surface area (Å²) in [7, 11) is 0. The van der Waals surface area contributed by atoms with Gasteiger partial charge in [-0.05, 0) is 36.4 Å². The Kier molecular flexibility index (Phi) is 4.82. The molecular formula is C35H21N5. The van der Waals surface area contributed by atoms with Crippen molar-refractivity contribution in [1.29, 1.82) is 5.26 Å². The average molecular weight is 512 g/mol. The van der Waals surface area contributed by atoms with Crippen LogP contribution in [-0.4, -0.2) is 19.1 Å². The zero-order valence-electron chi connectivity index (χ0n) is 21.4. The van der Waals surface area contributed by atoms with Crippen LogP contribution in [0, 0.1) is 11.3 Å². The van der Waals surface area contributed by atoms with Crippen LogP contribution in [0.1, 0.15) is 5.69 Å². The molecule has 0 radical (unpaired) electrons. The van der Waals surface area contributed by atoms with Crippen molar-refractivity contribution in [3.05, 3.63) is 133 Å². The highest BCUT2D eigenvalue weighted by Crippen LogP contribution is 2.41. The first-order chi connectivity index (χ1) is 19.8. The standard InChI is InChI=1S/C35H21N5/c36-20-23-21-38-28(22-37-23)35-33(39-29-14-5-1-10-24(29)25-11-2-6-15-30(25)39)18-9-19-34(35)40-31-16-7-3-12-26(31)27-13-4-8-17-32(27)40/h1-19,21-22H. The molecule has 5 heteroatoms. The van der Waals surface area contributed by atoms with E-state index in [4.69, 9.17) is 4.98 Å². The van der Waals surface area contributed by atoms with Crippen molar-refractivity contribution in [2.75, 3.05) is 0 Å². The third-order valence-electron chi connectivity index (χ3n) is 7.68. The number of hydrogen-bond donors (Lipinski definition) is 0. The lowest BCUT2D eigenvalue weighted by Crippen LogP contribution is -2.05. The van der Waals surface area contributed by atoms with E-state index >= 15 is 0 Å². The molecule has 0 saturated heterocycles. The number of nitriles is 1. The minimum atomic E-state index is 0.288. The van der Waals surface area contributed by atoms with E-state index in [1.54, 1.807) is 12.4 Å². The minimum Gasteiger partial charge on any atom is -0.308 e. The van der Waals surface area contributed by atoms with Crippen molar-refractivity contribution in [3.63, 3.8) is 0 Å². The van der Waals surface area contributed by atoms with Gasteiger partial charge in [0.1, 0.15) is 6.07 Å². The van der Waals surface area contributed by atoms with Gasteiger partial charge in [-0.15, -0.1) is 0 Å². The first-order valence-corrected chi connectivity index (χ1v) is 13.2. The number of hydrogen-bond acceptors (Lipinski definition) is 3. The van der Waals surface area contributed by atoms with E-state index in [1.807, 2.05) is 0 Å². The molecule has 0 atom stereocenters. The molecule has 5 aromatic carbocycles. The van der Waals surface area contributed by atoms with Crippen molar-refractivity contribution in [2.24, 2.45) is 0 Å². The highest BCUT2D eigenvalue weighted by atomic mass is 15.0. The second kappa shape index (κ2) is 8.65. The third-order valence-corrected chi connectivity index (χ3v) is 7.68. The topological polar surface area (TPSA) is 59.4 Å². The third kappa shape index (κ3) is 3.14. The number of para-hydroxylation sites is 4. The van der Waals surface area contributed by atoms with Crippen molar-refractivity contribution >= 4 is 43.6 Å². The normalized spacial score (nSPS) is 11.5. The maximum absolute atomic E-state index is 9.42. The summed E-state index contributed by atoms with van der Waals surface area (Å²) in [5, 5.41) is 14.2. The number of nitrogens with zero attached hydrogens (tertiary/aromatic N) is 5. The summed E-state index contributed by atoms with van der Waals surface area (Å²) in [5.74, 6) is 0. The molecule has 40 heavy (non-hydrogen) atoms. The fourth-order valence-electron chi connectivity index (χ4n) is 6.04. The summed E-state index contributed by atoms with van der Waals surface area (Å²) < 4.78 is 4.63. The Morgan fingerprint density at radius 2 is 0.900 bits per heavy atom. The molecule has 8 rings (SSSR count). The molecule has 0 fully saturated rings.